The first-order valence-electron chi connectivity index (χ1n) is 11.6. The molecule has 5 rings (SSSR count). The molecule has 0 amide bonds. The van der Waals surface area contributed by atoms with E-state index in [0.717, 1.165) is 6.42 Å². The molecule has 0 N–H and O–H groups in total. The number of esters is 1. The third-order valence-electron chi connectivity index (χ3n) is 10.6. The minimum absolute atomic E-state index is 0.00707. The van der Waals surface area contributed by atoms with Crippen LogP contribution in [-0.4, -0.2) is 18.4 Å². The van der Waals surface area contributed by atoms with Crippen LogP contribution in [0.5, 0.6) is 0 Å². The van der Waals surface area contributed by atoms with E-state index in [2.05, 4.69) is 46.8 Å². The highest BCUT2D eigenvalue weighted by atomic mass is 16.5. The third kappa shape index (κ3) is 2.31. The predicted molar refractivity (Wildman–Crippen MR) is 113 cm³/mol. The van der Waals surface area contributed by atoms with Gasteiger partial charge in [-0.3, -0.25) is 9.59 Å². The molecule has 7 atom stereocenters. The van der Waals surface area contributed by atoms with Crippen molar-refractivity contribution in [3.63, 3.8) is 0 Å². The van der Waals surface area contributed by atoms with E-state index in [0.29, 0.717) is 36.7 Å². The van der Waals surface area contributed by atoms with Crippen LogP contribution in [0, 0.1) is 45.3 Å². The quantitative estimate of drug-likeness (QED) is 0.434. The van der Waals surface area contributed by atoms with Crippen LogP contribution >= 0.6 is 0 Å². The molecule has 29 heavy (non-hydrogen) atoms. The molecule has 0 radical (unpaired) electrons. The van der Waals surface area contributed by atoms with E-state index >= 15 is 0 Å². The smallest absolute Gasteiger partial charge is 0.306 e. The number of hydrogen-bond donors (Lipinski definition) is 0. The number of allylic oxidation sites excluding steroid dienone is 4. The maximum absolute atomic E-state index is 12.6. The van der Waals surface area contributed by atoms with Crippen molar-refractivity contribution in [1.82, 2.24) is 0 Å². The Morgan fingerprint density at radius 2 is 1.79 bits per heavy atom. The van der Waals surface area contributed by atoms with E-state index < -0.39 is 0 Å². The molecule has 2 saturated carbocycles. The topological polar surface area (TPSA) is 43.4 Å². The molecule has 1 aliphatic heterocycles. The summed E-state index contributed by atoms with van der Waals surface area (Å²) in [6.07, 6.45) is 13.1. The number of hydrogen-bond acceptors (Lipinski definition) is 3. The van der Waals surface area contributed by atoms with Gasteiger partial charge in [0.1, 0.15) is 0 Å². The van der Waals surface area contributed by atoms with Crippen LogP contribution < -0.4 is 0 Å². The molecule has 3 heteroatoms. The van der Waals surface area contributed by atoms with Crippen molar-refractivity contribution < 1.29 is 14.3 Å². The van der Waals surface area contributed by atoms with Crippen LogP contribution in [0.4, 0.5) is 0 Å². The summed E-state index contributed by atoms with van der Waals surface area (Å²) in [6.45, 7) is 12.4. The molecule has 1 heterocycles. The second-order valence-electron chi connectivity index (χ2n) is 11.9. The molecular formula is C26H36O3. The third-order valence-corrected chi connectivity index (χ3v) is 10.6. The molecule has 0 aromatic rings. The van der Waals surface area contributed by atoms with E-state index in [1.807, 2.05) is 6.08 Å². The molecule has 4 aliphatic carbocycles. The maximum Gasteiger partial charge on any atom is 0.306 e. The van der Waals surface area contributed by atoms with Gasteiger partial charge in [0.05, 0.1) is 13.0 Å². The van der Waals surface area contributed by atoms with Crippen molar-refractivity contribution in [2.45, 2.75) is 73.1 Å². The SMILES string of the molecule is CC1(C)C(=O)C=CC2(C)C3CCC4(C)C(C5COC(=O)C5)CCC4(C)C3=CCC12. The Hall–Kier alpha value is -1.38. The molecule has 0 bridgehead atoms. The van der Waals surface area contributed by atoms with Crippen molar-refractivity contribution in [2.75, 3.05) is 6.61 Å². The maximum atomic E-state index is 12.6. The van der Waals surface area contributed by atoms with E-state index in [1.54, 1.807) is 5.57 Å². The van der Waals surface area contributed by atoms with Crippen LogP contribution in [0.3, 0.4) is 0 Å². The highest BCUT2D eigenvalue weighted by molar-refractivity contribution is 5.95. The molecule has 0 aromatic heterocycles. The molecule has 0 aromatic carbocycles. The van der Waals surface area contributed by atoms with Gasteiger partial charge in [-0.05, 0) is 72.2 Å². The van der Waals surface area contributed by atoms with Crippen LogP contribution in [0.15, 0.2) is 23.8 Å². The summed E-state index contributed by atoms with van der Waals surface area (Å²) in [7, 11) is 0. The van der Waals surface area contributed by atoms with Crippen LogP contribution in [0.2, 0.25) is 0 Å². The second-order valence-corrected chi connectivity index (χ2v) is 11.9. The van der Waals surface area contributed by atoms with Crippen molar-refractivity contribution in [1.29, 1.82) is 0 Å². The molecule has 5 aliphatic rings. The van der Waals surface area contributed by atoms with Crippen LogP contribution in [-0.2, 0) is 14.3 Å². The van der Waals surface area contributed by atoms with Gasteiger partial charge in [-0.2, -0.15) is 0 Å². The second kappa shape index (κ2) is 5.86. The Kier molecular flexibility index (Phi) is 3.95. The summed E-state index contributed by atoms with van der Waals surface area (Å²) >= 11 is 0. The van der Waals surface area contributed by atoms with Crippen LogP contribution in [0.1, 0.15) is 73.1 Å². The number of rotatable bonds is 1. The lowest BCUT2D eigenvalue weighted by Crippen LogP contribution is -2.55. The molecule has 7 unspecified atom stereocenters. The molecule has 3 fully saturated rings. The zero-order chi connectivity index (χ0) is 20.8. The summed E-state index contributed by atoms with van der Waals surface area (Å²) in [5.41, 5.74) is 1.87. The summed E-state index contributed by atoms with van der Waals surface area (Å²) in [4.78, 5) is 24.4. The van der Waals surface area contributed by atoms with Gasteiger partial charge >= 0.3 is 5.97 Å². The fraction of sp³-hybridized carbons (Fsp3) is 0.769. The highest BCUT2D eigenvalue weighted by Crippen LogP contribution is 2.72. The standard InChI is InChI=1S/C26H36O3/c1-23(2)20-7-6-19-18(24(20,3)11-10-21(23)27)9-13-25(4)17(8-12-26(19,25)5)16-14-22(28)29-15-16/h6,10-11,16-18,20H,7-9,12-15H2,1-5H3. The van der Waals surface area contributed by atoms with Gasteiger partial charge in [0.2, 0.25) is 0 Å². The van der Waals surface area contributed by atoms with Gasteiger partial charge in [0, 0.05) is 11.3 Å². The average Bonchev–Trinajstić information content (AvgIpc) is 3.19. The van der Waals surface area contributed by atoms with Gasteiger partial charge in [0.15, 0.2) is 5.78 Å². The van der Waals surface area contributed by atoms with E-state index in [4.69, 9.17) is 4.74 Å². The van der Waals surface area contributed by atoms with Crippen LogP contribution in [0.25, 0.3) is 0 Å². The molecule has 0 spiro atoms. The fourth-order valence-electron chi connectivity index (χ4n) is 8.62. The molecule has 3 nitrogen and oxygen atoms in total. The minimum Gasteiger partial charge on any atom is -0.465 e. The zero-order valence-corrected chi connectivity index (χ0v) is 18.7. The largest absolute Gasteiger partial charge is 0.465 e. The minimum atomic E-state index is -0.285. The van der Waals surface area contributed by atoms with E-state index in [-0.39, 0.29) is 33.4 Å². The summed E-state index contributed by atoms with van der Waals surface area (Å²) < 4.78 is 5.37. The van der Waals surface area contributed by atoms with Gasteiger partial charge in [0.25, 0.3) is 0 Å². The number of carbonyl (C=O) groups excluding carboxylic acids is 2. The highest BCUT2D eigenvalue weighted by Gasteiger charge is 2.65. The Balaban J connectivity index is 1.53. The van der Waals surface area contributed by atoms with Gasteiger partial charge in [-0.15, -0.1) is 0 Å². The van der Waals surface area contributed by atoms with Crippen molar-refractivity contribution >= 4 is 11.8 Å². The van der Waals surface area contributed by atoms with Crippen molar-refractivity contribution in [3.8, 4) is 0 Å². The first-order chi connectivity index (χ1) is 13.5. The summed E-state index contributed by atoms with van der Waals surface area (Å²) in [5.74, 6) is 2.16. The lowest BCUT2D eigenvalue weighted by Gasteiger charge is -2.61. The van der Waals surface area contributed by atoms with Gasteiger partial charge in [-0.25, -0.2) is 0 Å². The first-order valence-corrected chi connectivity index (χ1v) is 11.6. The number of ether oxygens (including phenoxy) is 1. The zero-order valence-electron chi connectivity index (χ0n) is 18.7. The number of cyclic esters (lactones) is 1. The van der Waals surface area contributed by atoms with E-state index in [1.165, 1.54) is 25.7 Å². The van der Waals surface area contributed by atoms with Crippen molar-refractivity contribution in [3.05, 3.63) is 23.8 Å². The Morgan fingerprint density at radius 1 is 1.03 bits per heavy atom. The number of ketones is 1. The average molecular weight is 397 g/mol. The Morgan fingerprint density at radius 3 is 2.48 bits per heavy atom. The lowest BCUT2D eigenvalue weighted by atomic mass is 9.42. The molecular weight excluding hydrogens is 360 g/mol. The molecule has 158 valence electrons. The monoisotopic (exact) mass is 396 g/mol. The Labute approximate surface area is 175 Å². The van der Waals surface area contributed by atoms with E-state index in [9.17, 15) is 9.59 Å². The lowest BCUT2D eigenvalue weighted by molar-refractivity contribution is -0.138. The fourth-order valence-corrected chi connectivity index (χ4v) is 8.62. The normalized spacial score (nSPS) is 50.4. The number of carbonyl (C=O) groups is 2. The van der Waals surface area contributed by atoms with Crippen molar-refractivity contribution in [2.24, 2.45) is 45.3 Å². The number of fused-ring (bicyclic) bond motifs is 5. The van der Waals surface area contributed by atoms with Gasteiger partial charge in [-0.1, -0.05) is 52.3 Å². The molecule has 1 saturated heterocycles. The van der Waals surface area contributed by atoms with Gasteiger partial charge < -0.3 is 4.74 Å². The predicted octanol–water partition coefficient (Wildman–Crippen LogP) is 5.50. The summed E-state index contributed by atoms with van der Waals surface area (Å²) in [6, 6.07) is 0. The first kappa shape index (κ1) is 19.6. The summed E-state index contributed by atoms with van der Waals surface area (Å²) in [5, 5.41) is 0. The Bertz CT molecular complexity index is 835.